The maximum Gasteiger partial charge on any atom is 0.162 e. The first kappa shape index (κ1) is 17.1. The van der Waals surface area contributed by atoms with Crippen LogP contribution in [0.1, 0.15) is 17.2 Å². The number of methoxy groups -OCH3 is 1. The smallest absolute Gasteiger partial charge is 0.162 e. The quantitative estimate of drug-likeness (QED) is 0.893. The Kier molecular flexibility index (Phi) is 5.61. The number of nitrogens with one attached hydrogen (secondary N) is 1. The van der Waals surface area contributed by atoms with Gasteiger partial charge in [0.25, 0.3) is 0 Å². The van der Waals surface area contributed by atoms with Crippen LogP contribution in [0, 0.1) is 6.92 Å². The minimum absolute atomic E-state index is 0.0692. The summed E-state index contributed by atoms with van der Waals surface area (Å²) in [6.07, 6.45) is -0.297. The fourth-order valence-corrected chi connectivity index (χ4v) is 3.06. The zero-order valence-electron chi connectivity index (χ0n) is 13.9. The Bertz CT molecular complexity index is 686. The number of halogens is 1. The molecule has 0 spiro atoms. The molecule has 1 N–H and O–H groups in total. The molecular formula is C19H22ClNO3. The highest BCUT2D eigenvalue weighted by molar-refractivity contribution is 6.30. The number of hydrogen-bond acceptors (Lipinski definition) is 4. The van der Waals surface area contributed by atoms with Crippen LogP contribution in [-0.2, 0) is 4.74 Å². The Balaban J connectivity index is 1.94. The summed E-state index contributed by atoms with van der Waals surface area (Å²) in [5.41, 5.74) is 2.29. The molecule has 0 saturated carbocycles. The number of ether oxygens (including phenoxy) is 3. The minimum Gasteiger partial charge on any atom is -0.493 e. The molecule has 2 atom stereocenters. The van der Waals surface area contributed by atoms with Gasteiger partial charge >= 0.3 is 0 Å². The molecule has 0 unspecified atom stereocenters. The van der Waals surface area contributed by atoms with Gasteiger partial charge in [-0.15, -0.1) is 0 Å². The molecule has 0 bridgehead atoms. The lowest BCUT2D eigenvalue weighted by Crippen LogP contribution is -2.43. The molecule has 0 aliphatic carbocycles. The maximum atomic E-state index is 6.35. The van der Waals surface area contributed by atoms with Gasteiger partial charge in [-0.25, -0.2) is 0 Å². The van der Waals surface area contributed by atoms with Crippen LogP contribution in [0.2, 0.25) is 5.02 Å². The summed E-state index contributed by atoms with van der Waals surface area (Å²) in [4.78, 5) is 0. The summed E-state index contributed by atoms with van der Waals surface area (Å²) in [7, 11) is 1.61. The molecule has 1 fully saturated rings. The van der Waals surface area contributed by atoms with Crippen LogP contribution in [0.25, 0.3) is 0 Å². The van der Waals surface area contributed by atoms with Gasteiger partial charge in [0.05, 0.1) is 13.7 Å². The Morgan fingerprint density at radius 3 is 2.75 bits per heavy atom. The third-order valence-electron chi connectivity index (χ3n) is 4.17. The van der Waals surface area contributed by atoms with Crippen LogP contribution in [-0.4, -0.2) is 32.9 Å². The normalized spacial score (nSPS) is 18.9. The van der Waals surface area contributed by atoms with Crippen LogP contribution in [0.15, 0.2) is 42.5 Å². The van der Waals surface area contributed by atoms with Gasteiger partial charge in [-0.2, -0.15) is 0 Å². The molecule has 1 aliphatic rings. The van der Waals surface area contributed by atoms with Crippen molar-refractivity contribution < 1.29 is 14.2 Å². The number of rotatable bonds is 5. The van der Waals surface area contributed by atoms with Crippen molar-refractivity contribution in [3.8, 4) is 11.5 Å². The molecule has 1 saturated heterocycles. The molecular weight excluding hydrogens is 326 g/mol. The van der Waals surface area contributed by atoms with E-state index in [0.717, 1.165) is 18.7 Å². The van der Waals surface area contributed by atoms with E-state index in [4.69, 9.17) is 25.8 Å². The molecule has 3 rings (SSSR count). The first-order valence-electron chi connectivity index (χ1n) is 8.07. The minimum atomic E-state index is -0.228. The Morgan fingerprint density at radius 2 is 2.04 bits per heavy atom. The van der Waals surface area contributed by atoms with E-state index >= 15 is 0 Å². The second-order valence-corrected chi connectivity index (χ2v) is 6.24. The van der Waals surface area contributed by atoms with Crippen molar-refractivity contribution >= 4 is 11.6 Å². The molecule has 2 aromatic rings. The summed E-state index contributed by atoms with van der Waals surface area (Å²) in [5, 5.41) is 3.98. The first-order valence-corrected chi connectivity index (χ1v) is 8.45. The van der Waals surface area contributed by atoms with Crippen LogP contribution in [0.4, 0.5) is 0 Å². The molecule has 0 amide bonds. The van der Waals surface area contributed by atoms with Crippen molar-refractivity contribution in [2.75, 3.05) is 26.8 Å². The van der Waals surface area contributed by atoms with Crippen LogP contribution < -0.4 is 14.8 Å². The monoisotopic (exact) mass is 347 g/mol. The van der Waals surface area contributed by atoms with Gasteiger partial charge in [0.2, 0.25) is 0 Å². The van der Waals surface area contributed by atoms with E-state index in [1.165, 1.54) is 5.56 Å². The predicted octanol–water partition coefficient (Wildman–Crippen LogP) is 3.77. The standard InChI is InChI=1S/C19H22ClNO3/c1-13-5-3-4-6-15(13)19(18-12-21-9-10-23-18)24-16-8-7-14(20)11-17(16)22-2/h3-8,11,18-19,21H,9-10,12H2,1-2H3/t18-,19-/m0/s1. The van der Waals surface area contributed by atoms with Gasteiger partial charge in [0.15, 0.2) is 17.6 Å². The highest BCUT2D eigenvalue weighted by Gasteiger charge is 2.29. The van der Waals surface area contributed by atoms with Crippen LogP contribution in [0.5, 0.6) is 11.5 Å². The lowest BCUT2D eigenvalue weighted by Gasteiger charge is -2.32. The highest BCUT2D eigenvalue weighted by Crippen LogP contribution is 2.36. The van der Waals surface area contributed by atoms with Gasteiger partial charge in [0.1, 0.15) is 6.10 Å². The molecule has 4 nitrogen and oxygen atoms in total. The Morgan fingerprint density at radius 1 is 1.21 bits per heavy atom. The topological polar surface area (TPSA) is 39.7 Å². The van der Waals surface area contributed by atoms with Gasteiger partial charge < -0.3 is 19.5 Å². The third-order valence-corrected chi connectivity index (χ3v) is 4.40. The van der Waals surface area contributed by atoms with E-state index in [1.807, 2.05) is 18.2 Å². The molecule has 0 radical (unpaired) electrons. The molecule has 5 heteroatoms. The van der Waals surface area contributed by atoms with E-state index in [0.29, 0.717) is 23.1 Å². The number of morpholine rings is 1. The fourth-order valence-electron chi connectivity index (χ4n) is 2.90. The number of hydrogen-bond donors (Lipinski definition) is 1. The SMILES string of the molecule is COc1cc(Cl)ccc1O[C@@H](c1ccccc1C)[C@@H]1CNCCO1. The summed E-state index contributed by atoms with van der Waals surface area (Å²) in [6, 6.07) is 13.6. The number of benzene rings is 2. The average molecular weight is 348 g/mol. The predicted molar refractivity (Wildman–Crippen MR) is 95.2 cm³/mol. The maximum absolute atomic E-state index is 6.35. The van der Waals surface area contributed by atoms with E-state index < -0.39 is 0 Å². The Hall–Kier alpha value is -1.75. The highest BCUT2D eigenvalue weighted by atomic mass is 35.5. The van der Waals surface area contributed by atoms with Gasteiger partial charge in [0, 0.05) is 24.2 Å². The molecule has 2 aromatic carbocycles. The molecule has 0 aromatic heterocycles. The lowest BCUT2D eigenvalue weighted by molar-refractivity contribution is -0.0440. The van der Waals surface area contributed by atoms with E-state index in [-0.39, 0.29) is 12.2 Å². The van der Waals surface area contributed by atoms with Crippen molar-refractivity contribution in [2.45, 2.75) is 19.1 Å². The van der Waals surface area contributed by atoms with Crippen molar-refractivity contribution in [1.29, 1.82) is 0 Å². The summed E-state index contributed by atoms with van der Waals surface area (Å²) >= 11 is 6.05. The number of aryl methyl sites for hydroxylation is 1. The van der Waals surface area contributed by atoms with Crippen molar-refractivity contribution in [3.63, 3.8) is 0 Å². The second-order valence-electron chi connectivity index (χ2n) is 5.80. The first-order chi connectivity index (χ1) is 11.7. The average Bonchev–Trinajstić information content (AvgIpc) is 2.62. The zero-order chi connectivity index (χ0) is 16.9. The largest absolute Gasteiger partial charge is 0.493 e. The lowest BCUT2D eigenvalue weighted by atomic mass is 9.98. The van der Waals surface area contributed by atoms with Crippen LogP contribution >= 0.6 is 11.6 Å². The molecule has 128 valence electrons. The van der Waals surface area contributed by atoms with Crippen molar-refractivity contribution in [1.82, 2.24) is 5.32 Å². The van der Waals surface area contributed by atoms with Gasteiger partial charge in [-0.3, -0.25) is 0 Å². The summed E-state index contributed by atoms with van der Waals surface area (Å²) in [5.74, 6) is 1.27. The second kappa shape index (κ2) is 7.88. The van der Waals surface area contributed by atoms with E-state index in [1.54, 1.807) is 19.2 Å². The molecule has 24 heavy (non-hydrogen) atoms. The van der Waals surface area contributed by atoms with E-state index in [2.05, 4.69) is 24.4 Å². The van der Waals surface area contributed by atoms with Crippen molar-refractivity contribution in [2.24, 2.45) is 0 Å². The van der Waals surface area contributed by atoms with E-state index in [9.17, 15) is 0 Å². The third kappa shape index (κ3) is 3.83. The summed E-state index contributed by atoms with van der Waals surface area (Å²) < 4.78 is 17.7. The Labute approximate surface area is 147 Å². The molecule has 1 aliphatic heterocycles. The van der Waals surface area contributed by atoms with Crippen LogP contribution in [0.3, 0.4) is 0 Å². The van der Waals surface area contributed by atoms with Gasteiger partial charge in [-0.05, 0) is 30.2 Å². The molecule has 1 heterocycles. The zero-order valence-corrected chi connectivity index (χ0v) is 14.7. The fraction of sp³-hybridized carbons (Fsp3) is 0.368. The van der Waals surface area contributed by atoms with Crippen molar-refractivity contribution in [3.05, 3.63) is 58.6 Å². The van der Waals surface area contributed by atoms with Gasteiger partial charge in [-0.1, -0.05) is 35.9 Å². The summed E-state index contributed by atoms with van der Waals surface area (Å²) in [6.45, 7) is 4.37.